The van der Waals surface area contributed by atoms with Gasteiger partial charge in [0.2, 0.25) is 0 Å². The van der Waals surface area contributed by atoms with E-state index in [0.29, 0.717) is 5.56 Å². The number of nitrogens with zero attached hydrogens (tertiary/aromatic N) is 2. The summed E-state index contributed by atoms with van der Waals surface area (Å²) in [6.45, 7) is 4.22. The Morgan fingerprint density at radius 1 is 1.28 bits per heavy atom. The SMILES string of the molecule is CCOC1CCN(C(=O)c2cccnc2Sc2ccc(Br)cc2)CC1. The van der Waals surface area contributed by atoms with E-state index in [1.807, 2.05) is 48.2 Å². The molecule has 0 radical (unpaired) electrons. The first-order valence-corrected chi connectivity index (χ1v) is 10.1. The van der Waals surface area contributed by atoms with Gasteiger partial charge in [-0.3, -0.25) is 4.79 Å². The first-order valence-electron chi connectivity index (χ1n) is 8.46. The molecule has 25 heavy (non-hydrogen) atoms. The number of aromatic nitrogens is 1. The summed E-state index contributed by atoms with van der Waals surface area (Å²) in [4.78, 5) is 20.4. The highest BCUT2D eigenvalue weighted by molar-refractivity contribution is 9.10. The average molecular weight is 421 g/mol. The van der Waals surface area contributed by atoms with Crippen LogP contribution in [0.2, 0.25) is 0 Å². The second kappa shape index (κ2) is 8.83. The third-order valence-corrected chi connectivity index (χ3v) is 5.72. The van der Waals surface area contributed by atoms with Crippen molar-refractivity contribution in [2.75, 3.05) is 19.7 Å². The molecule has 0 N–H and O–H groups in total. The molecule has 132 valence electrons. The maximum Gasteiger partial charge on any atom is 0.256 e. The Hall–Kier alpha value is -1.37. The number of rotatable bonds is 5. The number of piperidine rings is 1. The average Bonchev–Trinajstić information content (AvgIpc) is 2.64. The molecule has 0 saturated carbocycles. The van der Waals surface area contributed by atoms with Crippen LogP contribution in [-0.2, 0) is 4.74 Å². The molecule has 0 bridgehead atoms. The Morgan fingerprint density at radius 3 is 2.68 bits per heavy atom. The van der Waals surface area contributed by atoms with Crippen LogP contribution in [0.5, 0.6) is 0 Å². The van der Waals surface area contributed by atoms with Gasteiger partial charge in [0.15, 0.2) is 0 Å². The molecule has 1 fully saturated rings. The van der Waals surface area contributed by atoms with Crippen LogP contribution in [0.4, 0.5) is 0 Å². The molecular formula is C19H21BrN2O2S. The second-order valence-electron chi connectivity index (χ2n) is 5.86. The molecule has 2 heterocycles. The van der Waals surface area contributed by atoms with Crippen LogP contribution >= 0.6 is 27.7 Å². The zero-order chi connectivity index (χ0) is 17.6. The van der Waals surface area contributed by atoms with Crippen molar-refractivity contribution in [1.29, 1.82) is 0 Å². The van der Waals surface area contributed by atoms with E-state index in [4.69, 9.17) is 4.74 Å². The molecule has 6 heteroatoms. The standard InChI is InChI=1S/C19H21BrN2O2S/c1-2-24-15-9-12-22(13-10-15)19(23)17-4-3-11-21-18(17)25-16-7-5-14(20)6-8-16/h3-8,11,15H,2,9-10,12-13H2,1H3. The van der Waals surface area contributed by atoms with Crippen LogP contribution in [0.3, 0.4) is 0 Å². The predicted molar refractivity (Wildman–Crippen MR) is 103 cm³/mol. The van der Waals surface area contributed by atoms with Gasteiger partial charge in [0.25, 0.3) is 5.91 Å². The first-order chi connectivity index (χ1) is 12.2. The Morgan fingerprint density at radius 2 is 2.00 bits per heavy atom. The monoisotopic (exact) mass is 420 g/mol. The van der Waals surface area contributed by atoms with Gasteiger partial charge < -0.3 is 9.64 Å². The fourth-order valence-corrected chi connectivity index (χ4v) is 4.02. The van der Waals surface area contributed by atoms with E-state index in [0.717, 1.165) is 46.9 Å². The lowest BCUT2D eigenvalue weighted by Gasteiger charge is -2.32. The lowest BCUT2D eigenvalue weighted by Crippen LogP contribution is -2.41. The van der Waals surface area contributed by atoms with Crippen molar-refractivity contribution in [2.24, 2.45) is 0 Å². The summed E-state index contributed by atoms with van der Waals surface area (Å²) in [5.74, 6) is 0.0580. The maximum absolute atomic E-state index is 13.0. The van der Waals surface area contributed by atoms with Gasteiger partial charge in [-0.1, -0.05) is 27.7 Å². The molecule has 1 saturated heterocycles. The Labute approximate surface area is 161 Å². The summed E-state index contributed by atoms with van der Waals surface area (Å²) in [7, 11) is 0. The number of ether oxygens (including phenoxy) is 1. The normalized spacial score (nSPS) is 15.4. The van der Waals surface area contributed by atoms with E-state index in [2.05, 4.69) is 20.9 Å². The number of hydrogen-bond acceptors (Lipinski definition) is 4. The summed E-state index contributed by atoms with van der Waals surface area (Å²) in [5.41, 5.74) is 0.672. The van der Waals surface area contributed by atoms with Gasteiger partial charge in [0, 0.05) is 35.3 Å². The van der Waals surface area contributed by atoms with Crippen molar-refractivity contribution in [3.8, 4) is 0 Å². The van der Waals surface area contributed by atoms with Gasteiger partial charge in [-0.25, -0.2) is 4.98 Å². The molecule has 3 rings (SSSR count). The maximum atomic E-state index is 13.0. The highest BCUT2D eigenvalue weighted by atomic mass is 79.9. The van der Waals surface area contributed by atoms with E-state index in [-0.39, 0.29) is 12.0 Å². The Bertz CT molecular complexity index is 716. The van der Waals surface area contributed by atoms with Gasteiger partial charge in [0.1, 0.15) is 5.03 Å². The minimum atomic E-state index is 0.0580. The summed E-state index contributed by atoms with van der Waals surface area (Å²) in [6, 6.07) is 11.7. The smallest absolute Gasteiger partial charge is 0.256 e. The first kappa shape index (κ1) is 18.4. The van der Waals surface area contributed by atoms with Crippen LogP contribution in [0, 0.1) is 0 Å². The zero-order valence-electron chi connectivity index (χ0n) is 14.2. The minimum absolute atomic E-state index is 0.0580. The molecule has 1 aliphatic heterocycles. The van der Waals surface area contributed by atoms with Crippen molar-refractivity contribution in [1.82, 2.24) is 9.88 Å². The molecule has 4 nitrogen and oxygen atoms in total. The van der Waals surface area contributed by atoms with Crippen molar-refractivity contribution in [3.05, 3.63) is 52.6 Å². The number of amides is 1. The predicted octanol–water partition coefficient (Wildman–Crippen LogP) is 4.64. The quantitative estimate of drug-likeness (QED) is 0.706. The topological polar surface area (TPSA) is 42.4 Å². The van der Waals surface area contributed by atoms with Crippen LogP contribution in [0.25, 0.3) is 0 Å². The summed E-state index contributed by atoms with van der Waals surface area (Å²) >= 11 is 4.96. The molecule has 1 aromatic carbocycles. The van der Waals surface area contributed by atoms with Crippen LogP contribution in [-0.4, -0.2) is 41.6 Å². The summed E-state index contributed by atoms with van der Waals surface area (Å²) < 4.78 is 6.70. The number of benzene rings is 1. The molecule has 2 aromatic rings. The van der Waals surface area contributed by atoms with Crippen LogP contribution in [0.1, 0.15) is 30.1 Å². The van der Waals surface area contributed by atoms with Gasteiger partial charge in [-0.2, -0.15) is 0 Å². The lowest BCUT2D eigenvalue weighted by molar-refractivity contribution is 0.0144. The lowest BCUT2D eigenvalue weighted by atomic mass is 10.1. The molecule has 1 aliphatic rings. The fraction of sp³-hybridized carbons (Fsp3) is 0.368. The largest absolute Gasteiger partial charge is 0.378 e. The van der Waals surface area contributed by atoms with Crippen LogP contribution in [0.15, 0.2) is 57.0 Å². The van der Waals surface area contributed by atoms with Crippen molar-refractivity contribution in [3.63, 3.8) is 0 Å². The van der Waals surface area contributed by atoms with Gasteiger partial charge in [-0.15, -0.1) is 0 Å². The van der Waals surface area contributed by atoms with Gasteiger partial charge in [-0.05, 0) is 56.2 Å². The molecule has 0 unspecified atom stereocenters. The molecule has 1 aromatic heterocycles. The number of carbonyl (C=O) groups excluding carboxylic acids is 1. The molecular weight excluding hydrogens is 400 g/mol. The molecule has 1 amide bonds. The summed E-state index contributed by atoms with van der Waals surface area (Å²) in [5, 5.41) is 0.752. The van der Waals surface area contributed by atoms with E-state index in [1.165, 1.54) is 11.8 Å². The van der Waals surface area contributed by atoms with E-state index in [9.17, 15) is 4.79 Å². The highest BCUT2D eigenvalue weighted by Gasteiger charge is 2.25. The van der Waals surface area contributed by atoms with Crippen LogP contribution < -0.4 is 0 Å². The zero-order valence-corrected chi connectivity index (χ0v) is 16.6. The number of carbonyl (C=O) groups is 1. The van der Waals surface area contributed by atoms with Crippen molar-refractivity contribution < 1.29 is 9.53 Å². The van der Waals surface area contributed by atoms with Gasteiger partial charge in [0.05, 0.1) is 11.7 Å². The second-order valence-corrected chi connectivity index (χ2v) is 7.84. The highest BCUT2D eigenvalue weighted by Crippen LogP contribution is 2.30. The minimum Gasteiger partial charge on any atom is -0.378 e. The third kappa shape index (κ3) is 4.84. The van der Waals surface area contributed by atoms with E-state index in [1.54, 1.807) is 6.20 Å². The Balaban J connectivity index is 1.72. The number of halogens is 1. The number of likely N-dealkylation sites (tertiary alicyclic amines) is 1. The van der Waals surface area contributed by atoms with Crippen molar-refractivity contribution >= 4 is 33.6 Å². The number of hydrogen-bond donors (Lipinski definition) is 0. The molecule has 0 aliphatic carbocycles. The number of pyridine rings is 1. The van der Waals surface area contributed by atoms with E-state index < -0.39 is 0 Å². The fourth-order valence-electron chi connectivity index (χ4n) is 2.88. The third-order valence-electron chi connectivity index (χ3n) is 4.16. The van der Waals surface area contributed by atoms with Crippen molar-refractivity contribution in [2.45, 2.75) is 35.8 Å². The molecule has 0 spiro atoms. The Kier molecular flexibility index (Phi) is 6.51. The van der Waals surface area contributed by atoms with E-state index >= 15 is 0 Å². The molecule has 0 atom stereocenters. The van der Waals surface area contributed by atoms with Gasteiger partial charge >= 0.3 is 0 Å². The summed E-state index contributed by atoms with van der Waals surface area (Å²) in [6.07, 6.45) is 3.81.